The first kappa shape index (κ1) is 41.8. The normalized spacial score (nSPS) is 11.4. The van der Waals surface area contributed by atoms with E-state index in [1.165, 1.54) is 76.0 Å². The molecule has 2 amide bonds. The number of amides is 2. The predicted octanol–water partition coefficient (Wildman–Crippen LogP) is 7.71. The third-order valence-electron chi connectivity index (χ3n) is 7.39. The molecule has 0 atom stereocenters. The number of ether oxygens (including phenoxy) is 2. The van der Waals surface area contributed by atoms with Crippen LogP contribution in [-0.2, 0) is 28.0 Å². The zero-order valence-electron chi connectivity index (χ0n) is 28.1. The molecular formula is C34H51F3N2O7S. The number of benzene rings is 1. The topological polar surface area (TPSA) is 117 Å². The van der Waals surface area contributed by atoms with Crippen molar-refractivity contribution in [2.75, 3.05) is 13.7 Å². The minimum Gasteiger partial charge on any atom is -0.741 e. The second-order valence-corrected chi connectivity index (χ2v) is 12.7. The second-order valence-electron chi connectivity index (χ2n) is 11.3. The first-order valence-electron chi connectivity index (χ1n) is 16.4. The number of pyridine rings is 1. The highest BCUT2D eigenvalue weighted by molar-refractivity contribution is 7.86. The molecule has 0 aliphatic heterocycles. The number of imide groups is 1. The summed E-state index contributed by atoms with van der Waals surface area (Å²) in [6, 6.07) is 11.0. The summed E-state index contributed by atoms with van der Waals surface area (Å²) in [5, 5.41) is 0. The second kappa shape index (κ2) is 22.4. The number of hydrogen-bond donors (Lipinski definition) is 0. The third kappa shape index (κ3) is 16.5. The summed E-state index contributed by atoms with van der Waals surface area (Å²) >= 11 is 0. The highest BCUT2D eigenvalue weighted by Crippen LogP contribution is 2.29. The molecule has 1 heterocycles. The van der Waals surface area contributed by atoms with Gasteiger partial charge in [-0.3, -0.25) is 14.5 Å². The van der Waals surface area contributed by atoms with Crippen molar-refractivity contribution in [3.8, 4) is 11.5 Å². The van der Waals surface area contributed by atoms with Gasteiger partial charge in [-0.25, -0.2) is 13.0 Å². The van der Waals surface area contributed by atoms with Crippen LogP contribution < -0.4 is 14.0 Å². The smallest absolute Gasteiger partial charge is 0.485 e. The van der Waals surface area contributed by atoms with Crippen LogP contribution in [-0.4, -0.2) is 48.9 Å². The Kier molecular flexibility index (Phi) is 19.9. The molecule has 0 saturated carbocycles. The third-order valence-corrected chi connectivity index (χ3v) is 7.96. The van der Waals surface area contributed by atoms with Gasteiger partial charge in [0.1, 0.15) is 13.1 Å². The fourth-order valence-corrected chi connectivity index (χ4v) is 4.80. The number of aryl methyl sites for hydroxylation is 1. The zero-order chi connectivity index (χ0) is 35.3. The molecule has 0 aliphatic rings. The molecule has 1 aromatic carbocycles. The Balaban J connectivity index is 0.00000122. The molecule has 266 valence electrons. The Bertz CT molecular complexity index is 1320. The maximum Gasteiger partial charge on any atom is 0.485 e. The summed E-state index contributed by atoms with van der Waals surface area (Å²) in [6.45, 7) is 7.45. The van der Waals surface area contributed by atoms with Crippen LogP contribution in [0.5, 0.6) is 11.5 Å². The van der Waals surface area contributed by atoms with Gasteiger partial charge in [0.2, 0.25) is 11.6 Å². The lowest BCUT2D eigenvalue weighted by Crippen LogP contribution is -2.43. The van der Waals surface area contributed by atoms with Crippen molar-refractivity contribution in [1.29, 1.82) is 0 Å². The maximum absolute atomic E-state index is 13.3. The number of halogens is 3. The molecule has 13 heteroatoms. The molecule has 0 aliphatic carbocycles. The average molecular weight is 689 g/mol. The van der Waals surface area contributed by atoms with Gasteiger partial charge in [-0.1, -0.05) is 90.5 Å². The Hall–Kier alpha value is -3.19. The van der Waals surface area contributed by atoms with E-state index in [9.17, 15) is 22.8 Å². The lowest BCUT2D eigenvalue weighted by Gasteiger charge is -2.19. The highest BCUT2D eigenvalue weighted by Gasteiger charge is 2.37. The minimum absolute atomic E-state index is 0.217. The van der Waals surface area contributed by atoms with Gasteiger partial charge in [-0.05, 0) is 24.6 Å². The van der Waals surface area contributed by atoms with Crippen molar-refractivity contribution in [3.05, 3.63) is 53.9 Å². The van der Waals surface area contributed by atoms with Gasteiger partial charge in [0, 0.05) is 31.0 Å². The molecule has 9 nitrogen and oxygen atoms in total. The summed E-state index contributed by atoms with van der Waals surface area (Å²) in [5.41, 5.74) is -4.33. The van der Waals surface area contributed by atoms with Crippen molar-refractivity contribution in [3.63, 3.8) is 0 Å². The van der Waals surface area contributed by atoms with Crippen LogP contribution in [0.4, 0.5) is 13.2 Å². The number of hydrogen-bond acceptors (Lipinski definition) is 7. The molecule has 0 saturated heterocycles. The van der Waals surface area contributed by atoms with E-state index in [0.29, 0.717) is 23.7 Å². The summed E-state index contributed by atoms with van der Waals surface area (Å²) in [7, 11) is -4.52. The van der Waals surface area contributed by atoms with Crippen molar-refractivity contribution in [2.24, 2.45) is 0 Å². The van der Waals surface area contributed by atoms with E-state index in [-0.39, 0.29) is 18.4 Å². The molecule has 47 heavy (non-hydrogen) atoms. The van der Waals surface area contributed by atoms with Gasteiger partial charge in [0.25, 0.3) is 5.91 Å². The minimum atomic E-state index is -6.09. The Labute approximate surface area is 278 Å². The predicted molar refractivity (Wildman–Crippen MR) is 173 cm³/mol. The number of unbranched alkanes of at least 4 members (excludes halogenated alkanes) is 11. The van der Waals surface area contributed by atoms with Crippen LogP contribution >= 0.6 is 0 Å². The number of carbonyl (C=O) groups is 2. The van der Waals surface area contributed by atoms with E-state index in [0.717, 1.165) is 31.5 Å². The van der Waals surface area contributed by atoms with Gasteiger partial charge in [-0.2, -0.15) is 13.2 Å². The van der Waals surface area contributed by atoms with Crippen LogP contribution in [0.3, 0.4) is 0 Å². The molecule has 0 radical (unpaired) electrons. The van der Waals surface area contributed by atoms with Crippen LogP contribution in [0.15, 0.2) is 42.6 Å². The summed E-state index contributed by atoms with van der Waals surface area (Å²) < 4.78 is 72.5. The van der Waals surface area contributed by atoms with Gasteiger partial charge < -0.3 is 14.0 Å². The summed E-state index contributed by atoms with van der Waals surface area (Å²) in [4.78, 5) is 27.0. The van der Waals surface area contributed by atoms with E-state index in [1.807, 2.05) is 24.4 Å². The maximum atomic E-state index is 13.3. The molecule has 2 rings (SSSR count). The molecular weight excluding hydrogens is 637 g/mol. The Morgan fingerprint density at radius 2 is 1.40 bits per heavy atom. The van der Waals surface area contributed by atoms with Crippen molar-refractivity contribution in [2.45, 2.75) is 123 Å². The summed E-state index contributed by atoms with van der Waals surface area (Å²) in [5.74, 6) is 0.484. The van der Waals surface area contributed by atoms with Crippen molar-refractivity contribution in [1.82, 2.24) is 4.90 Å². The summed E-state index contributed by atoms with van der Waals surface area (Å²) in [6.07, 6.45) is 18.6. The number of rotatable bonds is 20. The van der Waals surface area contributed by atoms with Gasteiger partial charge >= 0.3 is 5.51 Å². The van der Waals surface area contributed by atoms with E-state index < -0.39 is 15.6 Å². The molecule has 0 spiro atoms. The van der Waals surface area contributed by atoms with Crippen LogP contribution in [0.25, 0.3) is 0 Å². The quantitative estimate of drug-likeness (QED) is 0.0605. The van der Waals surface area contributed by atoms with Crippen molar-refractivity contribution >= 4 is 21.9 Å². The molecule has 0 fully saturated rings. The molecule has 1 aromatic heterocycles. The van der Waals surface area contributed by atoms with Crippen LogP contribution in [0.2, 0.25) is 0 Å². The molecule has 0 N–H and O–H groups in total. The number of aromatic nitrogens is 1. The standard InChI is InChI=1S/C33H51N2O4.CHF3O3S/c1-5-7-8-9-10-11-12-13-14-15-16-19-25-39-31-22-21-29(26-32(31)38-4)33(37)35(28(3)36)27-30-20-17-18-24-34(30)23-6-2;2-1(3,4)8(5,6)7/h17-18,20-22,24,26H,5-16,19,23,25,27H2,1-4H3;(H,5,6,7)/q+1;/p-1. The molecule has 0 unspecified atom stereocenters. The van der Waals surface area contributed by atoms with E-state index >= 15 is 0 Å². The van der Waals surface area contributed by atoms with Gasteiger partial charge in [0.05, 0.1) is 13.7 Å². The largest absolute Gasteiger partial charge is 0.741 e. The lowest BCUT2D eigenvalue weighted by atomic mass is 10.1. The SMILES string of the molecule is CCCCCCCCCCCCCCOc1ccc(C(=O)N(Cc2cccc[n+]2CCC)C(C)=O)cc1OC.O=S(=O)([O-])C(F)(F)F. The van der Waals surface area contributed by atoms with Crippen molar-refractivity contribution < 1.29 is 49.8 Å². The van der Waals surface area contributed by atoms with Crippen LogP contribution in [0, 0.1) is 0 Å². The lowest BCUT2D eigenvalue weighted by molar-refractivity contribution is -0.704. The number of carbonyl (C=O) groups excluding carboxylic acids is 2. The number of alkyl halides is 3. The van der Waals surface area contributed by atoms with E-state index in [1.54, 1.807) is 25.3 Å². The zero-order valence-corrected chi connectivity index (χ0v) is 29.0. The molecule has 0 bridgehead atoms. The first-order chi connectivity index (χ1) is 22.3. The monoisotopic (exact) mass is 688 g/mol. The fraction of sp³-hybridized carbons (Fsp3) is 0.618. The fourth-order valence-electron chi connectivity index (χ4n) is 4.80. The van der Waals surface area contributed by atoms with Gasteiger partial charge in [-0.15, -0.1) is 0 Å². The van der Waals surface area contributed by atoms with E-state index in [4.69, 9.17) is 22.4 Å². The Morgan fingerprint density at radius 3 is 1.89 bits per heavy atom. The molecule has 2 aromatic rings. The number of nitrogens with zero attached hydrogens (tertiary/aromatic N) is 2. The van der Waals surface area contributed by atoms with E-state index in [2.05, 4.69) is 18.4 Å². The number of methoxy groups -OCH3 is 1. The average Bonchev–Trinajstić information content (AvgIpc) is 3.02. The van der Waals surface area contributed by atoms with Crippen LogP contribution in [0.1, 0.15) is 120 Å². The highest BCUT2D eigenvalue weighted by atomic mass is 32.2. The van der Waals surface area contributed by atoms with Gasteiger partial charge in [0.15, 0.2) is 27.8 Å². The Morgan fingerprint density at radius 1 is 0.851 bits per heavy atom. The first-order valence-corrected chi connectivity index (χ1v) is 17.8.